The molecule has 0 aliphatic heterocycles. The maximum Gasteiger partial charge on any atom is 0.0387 e. The quantitative estimate of drug-likeness (QED) is 0.868. The highest BCUT2D eigenvalue weighted by Crippen LogP contribution is 2.35. The highest BCUT2D eigenvalue weighted by molar-refractivity contribution is 5.35. The lowest BCUT2D eigenvalue weighted by atomic mass is 9.75. The minimum absolute atomic E-state index is 0.00602. The molecule has 0 amide bonds. The van der Waals surface area contributed by atoms with Crippen LogP contribution in [0.1, 0.15) is 42.1 Å². The van der Waals surface area contributed by atoms with Crippen LogP contribution in [0.2, 0.25) is 0 Å². The van der Waals surface area contributed by atoms with Gasteiger partial charge in [0.05, 0.1) is 0 Å². The Morgan fingerprint density at radius 3 is 1.95 bits per heavy atom. The number of rotatable bonds is 3. The van der Waals surface area contributed by atoms with Gasteiger partial charge >= 0.3 is 0 Å². The summed E-state index contributed by atoms with van der Waals surface area (Å²) in [6, 6.07) is 17.1. The highest BCUT2D eigenvalue weighted by atomic mass is 14.7. The van der Waals surface area contributed by atoms with Crippen molar-refractivity contribution < 1.29 is 0 Å². The van der Waals surface area contributed by atoms with Crippen molar-refractivity contribution in [1.29, 1.82) is 0 Å². The standard InChI is InChI=1S/C18H23N/c1-13-10-14(2)12-15(11-13)17(19)18(3,4)16-8-6-5-7-9-16/h5-12,17H,19H2,1-4H3. The van der Waals surface area contributed by atoms with E-state index >= 15 is 0 Å². The number of hydrogen-bond acceptors (Lipinski definition) is 1. The van der Waals surface area contributed by atoms with Crippen molar-refractivity contribution in [1.82, 2.24) is 0 Å². The first-order valence-corrected chi connectivity index (χ1v) is 6.80. The molecule has 0 heterocycles. The Morgan fingerprint density at radius 1 is 0.895 bits per heavy atom. The van der Waals surface area contributed by atoms with Crippen molar-refractivity contribution in [3.63, 3.8) is 0 Å². The monoisotopic (exact) mass is 253 g/mol. The largest absolute Gasteiger partial charge is 0.323 e. The van der Waals surface area contributed by atoms with Gasteiger partial charge in [0.15, 0.2) is 0 Å². The molecule has 1 heteroatoms. The van der Waals surface area contributed by atoms with Gasteiger partial charge in [-0.1, -0.05) is 73.5 Å². The van der Waals surface area contributed by atoms with E-state index < -0.39 is 0 Å². The van der Waals surface area contributed by atoms with Gasteiger partial charge in [0.2, 0.25) is 0 Å². The molecular formula is C18H23N. The molecule has 0 aliphatic carbocycles. The number of hydrogen-bond donors (Lipinski definition) is 1. The number of benzene rings is 2. The molecule has 1 nitrogen and oxygen atoms in total. The molecule has 0 aliphatic rings. The molecule has 2 N–H and O–H groups in total. The minimum Gasteiger partial charge on any atom is -0.323 e. The summed E-state index contributed by atoms with van der Waals surface area (Å²) in [5.74, 6) is 0. The first-order chi connectivity index (χ1) is 8.91. The average Bonchev–Trinajstić information content (AvgIpc) is 2.37. The zero-order chi connectivity index (χ0) is 14.0. The molecule has 100 valence electrons. The van der Waals surface area contributed by atoms with E-state index in [-0.39, 0.29) is 11.5 Å². The third-order valence-corrected chi connectivity index (χ3v) is 3.90. The van der Waals surface area contributed by atoms with Gasteiger partial charge in [0.1, 0.15) is 0 Å². The Balaban J connectivity index is 2.40. The Morgan fingerprint density at radius 2 is 1.42 bits per heavy atom. The minimum atomic E-state index is -0.0819. The van der Waals surface area contributed by atoms with Gasteiger partial charge in [-0.2, -0.15) is 0 Å². The van der Waals surface area contributed by atoms with Gasteiger partial charge in [-0.25, -0.2) is 0 Å². The predicted octanol–water partition coefficient (Wildman–Crippen LogP) is 4.28. The Kier molecular flexibility index (Phi) is 3.77. The zero-order valence-electron chi connectivity index (χ0n) is 12.3. The lowest BCUT2D eigenvalue weighted by molar-refractivity contribution is 0.420. The summed E-state index contributed by atoms with van der Waals surface area (Å²) in [6.07, 6.45) is 0. The van der Waals surface area contributed by atoms with Crippen LogP contribution in [0.15, 0.2) is 48.5 Å². The number of nitrogens with two attached hydrogens (primary N) is 1. The molecule has 1 atom stereocenters. The summed E-state index contributed by atoms with van der Waals surface area (Å²) in [5, 5.41) is 0. The van der Waals surface area contributed by atoms with Crippen LogP contribution >= 0.6 is 0 Å². The van der Waals surface area contributed by atoms with E-state index in [0.29, 0.717) is 0 Å². The maximum absolute atomic E-state index is 6.54. The van der Waals surface area contributed by atoms with E-state index in [9.17, 15) is 0 Å². The van der Waals surface area contributed by atoms with Gasteiger partial charge in [0, 0.05) is 11.5 Å². The Bertz CT molecular complexity index is 535. The third kappa shape index (κ3) is 2.87. The third-order valence-electron chi connectivity index (χ3n) is 3.90. The highest BCUT2D eigenvalue weighted by Gasteiger charge is 2.29. The summed E-state index contributed by atoms with van der Waals surface area (Å²) in [4.78, 5) is 0. The summed E-state index contributed by atoms with van der Waals surface area (Å²) in [5.41, 5.74) is 11.5. The van der Waals surface area contributed by atoms with Crippen LogP contribution in [0.25, 0.3) is 0 Å². The first kappa shape index (κ1) is 13.8. The van der Waals surface area contributed by atoms with E-state index in [4.69, 9.17) is 5.73 Å². The molecule has 0 saturated carbocycles. The fourth-order valence-electron chi connectivity index (χ4n) is 2.65. The Hall–Kier alpha value is -1.60. The van der Waals surface area contributed by atoms with Gasteiger partial charge < -0.3 is 5.73 Å². The lowest BCUT2D eigenvalue weighted by Gasteiger charge is -2.33. The average molecular weight is 253 g/mol. The van der Waals surface area contributed by atoms with Crippen molar-refractivity contribution in [3.05, 3.63) is 70.8 Å². The van der Waals surface area contributed by atoms with Crippen LogP contribution in [0.5, 0.6) is 0 Å². The second-order valence-corrected chi connectivity index (χ2v) is 5.99. The summed E-state index contributed by atoms with van der Waals surface area (Å²) >= 11 is 0. The molecule has 2 aromatic rings. The van der Waals surface area contributed by atoms with Crippen molar-refractivity contribution in [2.24, 2.45) is 5.73 Å². The molecule has 1 unspecified atom stereocenters. The SMILES string of the molecule is Cc1cc(C)cc(C(N)C(C)(C)c2ccccc2)c1. The molecule has 0 bridgehead atoms. The maximum atomic E-state index is 6.54. The van der Waals surface area contributed by atoms with Crippen LogP contribution in [0, 0.1) is 13.8 Å². The van der Waals surface area contributed by atoms with E-state index in [1.165, 1.54) is 22.3 Å². The molecular weight excluding hydrogens is 230 g/mol. The predicted molar refractivity (Wildman–Crippen MR) is 82.3 cm³/mol. The van der Waals surface area contributed by atoms with Crippen LogP contribution in [-0.4, -0.2) is 0 Å². The van der Waals surface area contributed by atoms with Crippen LogP contribution in [0.4, 0.5) is 0 Å². The molecule has 2 rings (SSSR count). The van der Waals surface area contributed by atoms with E-state index in [0.717, 1.165) is 0 Å². The molecule has 2 aromatic carbocycles. The van der Waals surface area contributed by atoms with Crippen molar-refractivity contribution >= 4 is 0 Å². The first-order valence-electron chi connectivity index (χ1n) is 6.80. The smallest absolute Gasteiger partial charge is 0.0387 e. The van der Waals surface area contributed by atoms with E-state index in [1.807, 2.05) is 6.07 Å². The van der Waals surface area contributed by atoms with Gasteiger partial charge in [-0.3, -0.25) is 0 Å². The molecule has 0 saturated heterocycles. The number of aryl methyl sites for hydroxylation is 2. The fourth-order valence-corrected chi connectivity index (χ4v) is 2.65. The molecule has 0 aromatic heterocycles. The lowest BCUT2D eigenvalue weighted by Crippen LogP contribution is -2.33. The molecule has 0 fully saturated rings. The van der Waals surface area contributed by atoms with E-state index in [2.05, 4.69) is 70.2 Å². The zero-order valence-corrected chi connectivity index (χ0v) is 12.3. The van der Waals surface area contributed by atoms with Crippen LogP contribution in [-0.2, 0) is 5.41 Å². The normalized spacial score (nSPS) is 13.3. The van der Waals surface area contributed by atoms with E-state index in [1.54, 1.807) is 0 Å². The van der Waals surface area contributed by atoms with Crippen molar-refractivity contribution in [2.45, 2.75) is 39.2 Å². The summed E-state index contributed by atoms with van der Waals surface area (Å²) in [7, 11) is 0. The molecule has 0 radical (unpaired) electrons. The van der Waals surface area contributed by atoms with Gasteiger partial charge in [0.25, 0.3) is 0 Å². The second-order valence-electron chi connectivity index (χ2n) is 5.99. The van der Waals surface area contributed by atoms with Gasteiger partial charge in [-0.05, 0) is 25.0 Å². The fraction of sp³-hybridized carbons (Fsp3) is 0.333. The summed E-state index contributed by atoms with van der Waals surface area (Å²) in [6.45, 7) is 8.67. The topological polar surface area (TPSA) is 26.0 Å². The molecule has 19 heavy (non-hydrogen) atoms. The van der Waals surface area contributed by atoms with Crippen molar-refractivity contribution in [2.75, 3.05) is 0 Å². The Labute approximate surface area is 116 Å². The summed E-state index contributed by atoms with van der Waals surface area (Å²) < 4.78 is 0. The van der Waals surface area contributed by atoms with Gasteiger partial charge in [-0.15, -0.1) is 0 Å². The van der Waals surface area contributed by atoms with Crippen molar-refractivity contribution in [3.8, 4) is 0 Å². The van der Waals surface area contributed by atoms with Crippen LogP contribution in [0.3, 0.4) is 0 Å². The molecule has 0 spiro atoms. The van der Waals surface area contributed by atoms with Crippen LogP contribution < -0.4 is 5.73 Å². The second kappa shape index (κ2) is 5.18.